The van der Waals surface area contributed by atoms with Crippen molar-refractivity contribution < 1.29 is 18.7 Å². The molecular formula is C20H29NO4. The second-order valence-electron chi connectivity index (χ2n) is 6.43. The molecule has 1 amide bonds. The van der Waals surface area contributed by atoms with Crippen molar-refractivity contribution in [3.05, 3.63) is 30.2 Å². The minimum atomic E-state index is -0.249. The van der Waals surface area contributed by atoms with Gasteiger partial charge in [0, 0.05) is 18.7 Å². The van der Waals surface area contributed by atoms with Crippen molar-refractivity contribution in [3.8, 4) is 0 Å². The zero-order valence-electron chi connectivity index (χ0n) is 15.1. The molecule has 1 saturated carbocycles. The maximum atomic E-state index is 12.8. The number of carbonyl (C=O) groups is 2. The Morgan fingerprint density at radius 3 is 2.60 bits per heavy atom. The van der Waals surface area contributed by atoms with E-state index in [2.05, 4.69) is 0 Å². The molecule has 5 heteroatoms. The van der Waals surface area contributed by atoms with Crippen LogP contribution in [0.2, 0.25) is 0 Å². The van der Waals surface area contributed by atoms with E-state index in [-0.39, 0.29) is 24.3 Å². The summed E-state index contributed by atoms with van der Waals surface area (Å²) in [6, 6.07) is 3.79. The largest absolute Gasteiger partial charge is 0.466 e. The molecule has 138 valence electrons. The van der Waals surface area contributed by atoms with Crippen LogP contribution < -0.4 is 0 Å². The fourth-order valence-electron chi connectivity index (χ4n) is 3.30. The Bertz CT molecular complexity index is 542. The maximum absolute atomic E-state index is 12.8. The molecule has 0 unspecified atom stereocenters. The second-order valence-corrected chi connectivity index (χ2v) is 6.43. The summed E-state index contributed by atoms with van der Waals surface area (Å²) in [5.74, 6) is 0.337. The van der Waals surface area contributed by atoms with Crippen LogP contribution in [0.1, 0.15) is 64.1 Å². The molecular weight excluding hydrogens is 318 g/mol. The van der Waals surface area contributed by atoms with Gasteiger partial charge in [0.1, 0.15) is 5.76 Å². The minimum absolute atomic E-state index is 0.0636. The number of amides is 1. The predicted octanol–water partition coefficient (Wildman–Crippen LogP) is 4.19. The molecule has 25 heavy (non-hydrogen) atoms. The van der Waals surface area contributed by atoms with Gasteiger partial charge in [-0.05, 0) is 38.0 Å². The van der Waals surface area contributed by atoms with Crippen molar-refractivity contribution in [2.75, 3.05) is 13.2 Å². The van der Waals surface area contributed by atoms with Gasteiger partial charge in [0.2, 0.25) is 5.91 Å². The Morgan fingerprint density at radius 2 is 1.96 bits per heavy atom. The van der Waals surface area contributed by atoms with E-state index in [4.69, 9.17) is 9.15 Å². The summed E-state index contributed by atoms with van der Waals surface area (Å²) >= 11 is 0. The highest BCUT2D eigenvalue weighted by Crippen LogP contribution is 2.22. The van der Waals surface area contributed by atoms with Gasteiger partial charge >= 0.3 is 5.97 Å². The van der Waals surface area contributed by atoms with Crippen molar-refractivity contribution in [1.82, 2.24) is 4.90 Å². The van der Waals surface area contributed by atoms with Crippen LogP contribution >= 0.6 is 0 Å². The first-order chi connectivity index (χ1) is 12.2. The predicted molar refractivity (Wildman–Crippen MR) is 96.8 cm³/mol. The molecule has 0 saturated heterocycles. The second kappa shape index (κ2) is 10.7. The molecule has 1 fully saturated rings. The van der Waals surface area contributed by atoms with Crippen LogP contribution in [-0.4, -0.2) is 36.0 Å². The smallest absolute Gasteiger partial charge is 0.307 e. The van der Waals surface area contributed by atoms with Gasteiger partial charge in [-0.3, -0.25) is 9.59 Å². The van der Waals surface area contributed by atoms with Crippen LogP contribution in [0.15, 0.2) is 28.9 Å². The van der Waals surface area contributed by atoms with Crippen molar-refractivity contribution in [2.24, 2.45) is 0 Å². The average Bonchev–Trinajstić information content (AvgIpc) is 3.08. The molecule has 1 heterocycles. The van der Waals surface area contributed by atoms with Gasteiger partial charge in [0.15, 0.2) is 0 Å². The number of furan rings is 1. The minimum Gasteiger partial charge on any atom is -0.466 e. The van der Waals surface area contributed by atoms with Gasteiger partial charge in [-0.15, -0.1) is 0 Å². The molecule has 2 rings (SSSR count). The van der Waals surface area contributed by atoms with Gasteiger partial charge < -0.3 is 14.1 Å². The zero-order valence-corrected chi connectivity index (χ0v) is 15.1. The summed E-state index contributed by atoms with van der Waals surface area (Å²) in [6.45, 7) is 2.57. The lowest BCUT2D eigenvalue weighted by molar-refractivity contribution is -0.144. The van der Waals surface area contributed by atoms with Gasteiger partial charge in [0.25, 0.3) is 0 Å². The van der Waals surface area contributed by atoms with Crippen LogP contribution in [-0.2, 0) is 14.3 Å². The summed E-state index contributed by atoms with van der Waals surface area (Å²) < 4.78 is 10.3. The van der Waals surface area contributed by atoms with Crippen LogP contribution in [0.25, 0.3) is 6.08 Å². The molecule has 1 aromatic heterocycles. The molecule has 0 aromatic carbocycles. The third kappa shape index (κ3) is 6.77. The Kier molecular flexibility index (Phi) is 8.29. The van der Waals surface area contributed by atoms with E-state index >= 15 is 0 Å². The molecule has 1 aromatic rings. The Morgan fingerprint density at radius 1 is 1.24 bits per heavy atom. The van der Waals surface area contributed by atoms with Crippen molar-refractivity contribution in [3.63, 3.8) is 0 Å². The van der Waals surface area contributed by atoms with Crippen molar-refractivity contribution in [2.45, 2.75) is 64.3 Å². The first-order valence-electron chi connectivity index (χ1n) is 9.38. The van der Waals surface area contributed by atoms with E-state index in [0.717, 1.165) is 25.7 Å². The number of carbonyl (C=O) groups excluding carboxylic acids is 2. The average molecular weight is 347 g/mol. The highest BCUT2D eigenvalue weighted by Gasteiger charge is 2.23. The van der Waals surface area contributed by atoms with E-state index in [0.29, 0.717) is 18.9 Å². The van der Waals surface area contributed by atoms with Crippen LogP contribution in [0, 0.1) is 0 Å². The lowest BCUT2D eigenvalue weighted by Crippen LogP contribution is -2.41. The van der Waals surface area contributed by atoms with E-state index in [1.807, 2.05) is 11.0 Å². The first kappa shape index (κ1) is 19.3. The molecule has 0 radical (unpaired) electrons. The number of hydrogen-bond acceptors (Lipinski definition) is 4. The molecule has 0 spiro atoms. The van der Waals surface area contributed by atoms with Crippen molar-refractivity contribution >= 4 is 18.0 Å². The highest BCUT2D eigenvalue weighted by atomic mass is 16.5. The first-order valence-corrected chi connectivity index (χ1v) is 9.38. The summed E-state index contributed by atoms with van der Waals surface area (Å²) in [4.78, 5) is 26.3. The Balaban J connectivity index is 2.03. The molecule has 1 aliphatic carbocycles. The Labute approximate surface area is 150 Å². The van der Waals surface area contributed by atoms with Crippen LogP contribution in [0.5, 0.6) is 0 Å². The third-order valence-electron chi connectivity index (χ3n) is 4.59. The summed E-state index contributed by atoms with van der Waals surface area (Å²) in [5.41, 5.74) is 0. The zero-order chi connectivity index (χ0) is 17.9. The van der Waals surface area contributed by atoms with Crippen molar-refractivity contribution in [1.29, 1.82) is 0 Å². The number of nitrogens with zero attached hydrogens (tertiary/aromatic N) is 1. The summed E-state index contributed by atoms with van der Waals surface area (Å²) in [6.07, 6.45) is 13.0. The molecule has 0 bridgehead atoms. The van der Waals surface area contributed by atoms with Gasteiger partial charge in [-0.2, -0.15) is 0 Å². The van der Waals surface area contributed by atoms with Gasteiger partial charge in [-0.25, -0.2) is 0 Å². The fourth-order valence-corrected chi connectivity index (χ4v) is 3.30. The van der Waals surface area contributed by atoms with E-state index in [1.54, 1.807) is 31.4 Å². The lowest BCUT2D eigenvalue weighted by Gasteiger charge is -2.32. The normalized spacial score (nSPS) is 16.4. The van der Waals surface area contributed by atoms with Crippen LogP contribution in [0.3, 0.4) is 0 Å². The number of esters is 1. The summed E-state index contributed by atoms with van der Waals surface area (Å²) in [5, 5.41) is 0. The molecule has 0 N–H and O–H groups in total. The van der Waals surface area contributed by atoms with E-state index in [1.165, 1.54) is 19.3 Å². The summed E-state index contributed by atoms with van der Waals surface area (Å²) in [7, 11) is 0. The van der Waals surface area contributed by atoms with Gasteiger partial charge in [-0.1, -0.05) is 32.1 Å². The lowest BCUT2D eigenvalue weighted by atomic mass is 9.95. The molecule has 1 aliphatic rings. The Hall–Kier alpha value is -2.04. The number of ether oxygens (including phenoxy) is 1. The quantitative estimate of drug-likeness (QED) is 0.548. The fraction of sp³-hybridized carbons (Fsp3) is 0.600. The maximum Gasteiger partial charge on any atom is 0.307 e. The standard InChI is InChI=1S/C20H29NO4/c1-2-24-20(23)14-15-21(17-9-6-4-3-5-7-10-17)19(22)13-12-18-11-8-16-25-18/h8,11-13,16-17H,2-7,9-10,14-15H2,1H3/b13-12+. The van der Waals surface area contributed by atoms with Gasteiger partial charge in [0.05, 0.1) is 19.3 Å². The van der Waals surface area contributed by atoms with E-state index < -0.39 is 0 Å². The monoisotopic (exact) mass is 347 g/mol. The van der Waals surface area contributed by atoms with Crippen LogP contribution in [0.4, 0.5) is 0 Å². The third-order valence-corrected chi connectivity index (χ3v) is 4.59. The highest BCUT2D eigenvalue weighted by molar-refractivity contribution is 5.91. The SMILES string of the molecule is CCOC(=O)CCN(C(=O)/C=C/c1ccco1)C1CCCCCCC1. The number of hydrogen-bond donors (Lipinski definition) is 0. The molecule has 5 nitrogen and oxygen atoms in total. The van der Waals surface area contributed by atoms with E-state index in [9.17, 15) is 9.59 Å². The topological polar surface area (TPSA) is 59.8 Å². The molecule has 0 atom stereocenters. The number of rotatable bonds is 7. The molecule has 0 aliphatic heterocycles.